The molecule has 6 heteroatoms. The number of ether oxygens (including phenoxy) is 1. The Bertz CT molecular complexity index is 1050. The molecule has 0 aromatic heterocycles. The highest BCUT2D eigenvalue weighted by Gasteiger charge is 2.18. The van der Waals surface area contributed by atoms with E-state index < -0.39 is 0 Å². The number of rotatable bonds is 6. The summed E-state index contributed by atoms with van der Waals surface area (Å²) in [6, 6.07) is 23.4. The fourth-order valence-electron chi connectivity index (χ4n) is 2.63. The molecule has 0 radical (unpaired) electrons. The largest absolute Gasteiger partial charge is 0.497 e. The van der Waals surface area contributed by atoms with Gasteiger partial charge < -0.3 is 10.1 Å². The second-order valence-electron chi connectivity index (χ2n) is 5.83. The van der Waals surface area contributed by atoms with Crippen molar-refractivity contribution in [2.45, 2.75) is 16.3 Å². The first kappa shape index (κ1) is 19.6. The summed E-state index contributed by atoms with van der Waals surface area (Å²) in [6.45, 7) is 0.536. The summed E-state index contributed by atoms with van der Waals surface area (Å²) in [7, 11) is 1.61. The van der Waals surface area contributed by atoms with Crippen molar-refractivity contribution in [3.05, 3.63) is 82.4 Å². The zero-order valence-electron chi connectivity index (χ0n) is 15.1. The van der Waals surface area contributed by atoms with Gasteiger partial charge >= 0.3 is 0 Å². The molecule has 4 nitrogen and oxygen atoms in total. The lowest BCUT2D eigenvalue weighted by molar-refractivity contribution is 0.414. The number of methoxy groups -OCH3 is 1. The minimum Gasteiger partial charge on any atom is -0.497 e. The number of hydrogen-bond acceptors (Lipinski definition) is 5. The van der Waals surface area contributed by atoms with Gasteiger partial charge in [-0.2, -0.15) is 10.5 Å². The second-order valence-corrected chi connectivity index (χ2v) is 7.32. The summed E-state index contributed by atoms with van der Waals surface area (Å²) in [6.07, 6.45) is 0. The molecule has 1 N–H and O–H groups in total. The smallest absolute Gasteiger partial charge is 0.118 e. The van der Waals surface area contributed by atoms with Crippen LogP contribution in [0.2, 0.25) is 5.02 Å². The monoisotopic (exact) mass is 405 g/mol. The number of nitrogens with one attached hydrogen (secondary N) is 1. The third-order valence-electron chi connectivity index (χ3n) is 4.07. The van der Waals surface area contributed by atoms with Crippen molar-refractivity contribution in [3.63, 3.8) is 0 Å². The molecule has 0 aliphatic heterocycles. The number of anilines is 1. The Balaban J connectivity index is 1.95. The number of hydrogen-bond donors (Lipinski definition) is 1. The van der Waals surface area contributed by atoms with Crippen LogP contribution in [0.1, 0.15) is 16.7 Å². The van der Waals surface area contributed by atoms with Crippen molar-refractivity contribution in [1.82, 2.24) is 0 Å². The Morgan fingerprint density at radius 1 is 1.00 bits per heavy atom. The normalized spacial score (nSPS) is 10.0. The molecule has 3 aromatic carbocycles. The third-order valence-corrected chi connectivity index (χ3v) is 5.62. The predicted molar refractivity (Wildman–Crippen MR) is 112 cm³/mol. The highest BCUT2D eigenvalue weighted by molar-refractivity contribution is 7.99. The van der Waals surface area contributed by atoms with E-state index in [-0.39, 0.29) is 16.1 Å². The highest BCUT2D eigenvalue weighted by Crippen LogP contribution is 2.40. The minimum absolute atomic E-state index is 0.179. The molecule has 0 bridgehead atoms. The summed E-state index contributed by atoms with van der Waals surface area (Å²) in [5.41, 5.74) is 2.09. The maximum atomic E-state index is 9.57. The highest BCUT2D eigenvalue weighted by atomic mass is 35.5. The molecule has 138 valence electrons. The molecule has 0 saturated carbocycles. The van der Waals surface area contributed by atoms with Gasteiger partial charge in [-0.05, 0) is 35.9 Å². The Morgan fingerprint density at radius 3 is 2.29 bits per heavy atom. The van der Waals surface area contributed by atoms with Crippen LogP contribution >= 0.6 is 23.4 Å². The Labute approximate surface area is 173 Å². The first-order valence-corrected chi connectivity index (χ1v) is 9.62. The average molecular weight is 406 g/mol. The summed E-state index contributed by atoms with van der Waals surface area (Å²) >= 11 is 7.87. The van der Waals surface area contributed by atoms with Gasteiger partial charge in [0.1, 0.15) is 17.9 Å². The van der Waals surface area contributed by atoms with E-state index in [9.17, 15) is 10.5 Å². The van der Waals surface area contributed by atoms with Gasteiger partial charge in [-0.3, -0.25) is 0 Å². The molecule has 0 aliphatic carbocycles. The topological polar surface area (TPSA) is 68.8 Å². The van der Waals surface area contributed by atoms with Crippen molar-refractivity contribution in [2.75, 3.05) is 12.4 Å². The summed E-state index contributed by atoms with van der Waals surface area (Å²) in [4.78, 5) is 1.66. The van der Waals surface area contributed by atoms with Gasteiger partial charge in [0.05, 0.1) is 28.9 Å². The quantitative estimate of drug-likeness (QED) is 0.556. The lowest BCUT2D eigenvalue weighted by Crippen LogP contribution is -2.03. The molecule has 0 fully saturated rings. The lowest BCUT2D eigenvalue weighted by atomic mass is 10.1. The fraction of sp³-hybridized carbons (Fsp3) is 0.0909. The van der Waals surface area contributed by atoms with Crippen LogP contribution in [0.15, 0.2) is 70.5 Å². The van der Waals surface area contributed by atoms with Crippen LogP contribution < -0.4 is 10.1 Å². The van der Waals surface area contributed by atoms with Gasteiger partial charge in [0.25, 0.3) is 0 Å². The molecule has 0 unspecified atom stereocenters. The van der Waals surface area contributed by atoms with Crippen molar-refractivity contribution >= 4 is 29.1 Å². The van der Waals surface area contributed by atoms with Crippen LogP contribution in [-0.2, 0) is 6.54 Å². The van der Waals surface area contributed by atoms with E-state index in [1.54, 1.807) is 7.11 Å². The molecule has 0 spiro atoms. The van der Waals surface area contributed by atoms with E-state index in [0.717, 1.165) is 16.2 Å². The molecule has 0 aliphatic rings. The zero-order valence-corrected chi connectivity index (χ0v) is 16.6. The van der Waals surface area contributed by atoms with E-state index in [4.69, 9.17) is 16.3 Å². The van der Waals surface area contributed by atoms with Gasteiger partial charge in [0.15, 0.2) is 0 Å². The van der Waals surface area contributed by atoms with Crippen LogP contribution in [0, 0.1) is 22.7 Å². The number of halogens is 1. The predicted octanol–water partition coefficient (Wildman–Crippen LogP) is 5.86. The standard InChI is InChI=1S/C22H16ClN3OS/c1-27-16-7-9-17(10-8-16)28-21-11-20(18(12-24)19(13-25)22(21)23)26-14-15-5-3-2-4-6-15/h2-11,26H,14H2,1H3. The van der Waals surface area contributed by atoms with Gasteiger partial charge in [-0.1, -0.05) is 53.7 Å². The maximum absolute atomic E-state index is 9.57. The first-order valence-electron chi connectivity index (χ1n) is 8.42. The SMILES string of the molecule is COc1ccc(Sc2cc(NCc3ccccc3)c(C#N)c(C#N)c2Cl)cc1. The molecule has 0 heterocycles. The van der Waals surface area contributed by atoms with Crippen LogP contribution in [0.4, 0.5) is 5.69 Å². The summed E-state index contributed by atoms with van der Waals surface area (Å²) < 4.78 is 5.18. The molecule has 0 saturated heterocycles. The molecular weight excluding hydrogens is 390 g/mol. The van der Waals surface area contributed by atoms with Crippen LogP contribution in [0.25, 0.3) is 0 Å². The van der Waals surface area contributed by atoms with Crippen molar-refractivity contribution in [2.24, 2.45) is 0 Å². The van der Waals surface area contributed by atoms with Crippen LogP contribution in [0.5, 0.6) is 5.75 Å². The van der Waals surface area contributed by atoms with E-state index in [2.05, 4.69) is 17.5 Å². The Kier molecular flexibility index (Phi) is 6.45. The first-order chi connectivity index (χ1) is 13.7. The minimum atomic E-state index is 0.179. The van der Waals surface area contributed by atoms with Gasteiger partial charge in [0, 0.05) is 16.3 Å². The molecule has 3 aromatic rings. The zero-order chi connectivity index (χ0) is 19.9. The molecule has 0 atom stereocenters. The van der Waals surface area contributed by atoms with Crippen molar-refractivity contribution < 1.29 is 4.74 Å². The van der Waals surface area contributed by atoms with E-state index in [1.165, 1.54) is 11.8 Å². The third kappa shape index (κ3) is 4.40. The van der Waals surface area contributed by atoms with Crippen LogP contribution in [0.3, 0.4) is 0 Å². The summed E-state index contributed by atoms with van der Waals surface area (Å²) in [5, 5.41) is 22.7. The average Bonchev–Trinajstić information content (AvgIpc) is 2.74. The van der Waals surface area contributed by atoms with Gasteiger partial charge in [-0.15, -0.1) is 0 Å². The number of nitriles is 2. The maximum Gasteiger partial charge on any atom is 0.118 e. The Morgan fingerprint density at radius 2 is 1.68 bits per heavy atom. The molecule has 28 heavy (non-hydrogen) atoms. The Hall–Kier alpha value is -3.12. The van der Waals surface area contributed by atoms with Crippen LogP contribution in [-0.4, -0.2) is 7.11 Å². The molecule has 3 rings (SSSR count). The van der Waals surface area contributed by atoms with E-state index in [0.29, 0.717) is 17.1 Å². The van der Waals surface area contributed by atoms with Gasteiger partial charge in [0.2, 0.25) is 0 Å². The summed E-state index contributed by atoms with van der Waals surface area (Å²) in [5.74, 6) is 0.762. The lowest BCUT2D eigenvalue weighted by Gasteiger charge is -2.14. The molecule has 0 amide bonds. The fourth-order valence-corrected chi connectivity index (χ4v) is 3.83. The van der Waals surface area contributed by atoms with Crippen molar-refractivity contribution in [3.8, 4) is 17.9 Å². The number of benzene rings is 3. The van der Waals surface area contributed by atoms with E-state index in [1.807, 2.05) is 60.7 Å². The van der Waals surface area contributed by atoms with Crippen molar-refractivity contribution in [1.29, 1.82) is 10.5 Å². The molecular formula is C22H16ClN3OS. The second kappa shape index (κ2) is 9.19. The van der Waals surface area contributed by atoms with E-state index >= 15 is 0 Å². The van der Waals surface area contributed by atoms with Gasteiger partial charge in [-0.25, -0.2) is 0 Å². The number of nitrogens with zero attached hydrogens (tertiary/aromatic N) is 2.